The Kier molecular flexibility index (Phi) is 5.30. The van der Waals surface area contributed by atoms with E-state index in [0.717, 1.165) is 5.56 Å². The molecule has 0 aliphatic carbocycles. The quantitative estimate of drug-likeness (QED) is 0.729. The molecule has 2 N–H and O–H groups in total. The van der Waals surface area contributed by atoms with Crippen molar-refractivity contribution in [3.05, 3.63) is 77.4 Å². The van der Waals surface area contributed by atoms with E-state index < -0.39 is 0 Å². The average Bonchev–Trinajstić information content (AvgIpc) is 3.11. The lowest BCUT2D eigenvalue weighted by Crippen LogP contribution is -2.22. The highest BCUT2D eigenvalue weighted by Crippen LogP contribution is 2.24. The Morgan fingerprint density at radius 2 is 1.85 bits per heavy atom. The first-order chi connectivity index (χ1) is 13.0. The van der Waals surface area contributed by atoms with Gasteiger partial charge in [-0.2, -0.15) is 5.10 Å². The highest BCUT2D eigenvalue weighted by atomic mass is 16.2. The molecular formula is C20H21N5O2. The number of benzene rings is 1. The fraction of sp³-hybridized carbons (Fsp3) is 0.200. The second kappa shape index (κ2) is 7.82. The third-order valence-electron chi connectivity index (χ3n) is 4.27. The first kappa shape index (κ1) is 18.3. The zero-order valence-electron chi connectivity index (χ0n) is 15.4. The van der Waals surface area contributed by atoms with Gasteiger partial charge in [0.25, 0.3) is 11.8 Å². The number of nitrogens with one attached hydrogen (secondary N) is 2. The number of aryl methyl sites for hydroxylation is 1. The lowest BCUT2D eigenvalue weighted by Gasteiger charge is -2.14. The van der Waals surface area contributed by atoms with E-state index >= 15 is 0 Å². The average molecular weight is 363 g/mol. The molecule has 2 heterocycles. The third kappa shape index (κ3) is 4.20. The van der Waals surface area contributed by atoms with Crippen LogP contribution in [-0.4, -0.2) is 33.6 Å². The van der Waals surface area contributed by atoms with E-state index in [1.54, 1.807) is 30.2 Å². The molecule has 2 aromatic heterocycles. The standard InChI is InChI=1S/C20H21N5O2/c1-13(14-7-5-4-6-8-14)17-9-15(10-18(24-17)20(27)21-2)19(26)23-16-11-22-25(3)12-16/h4-13H,1-3H3,(H,21,27)(H,23,26)/t13-/m0/s1. The van der Waals surface area contributed by atoms with Crippen molar-refractivity contribution in [2.24, 2.45) is 7.05 Å². The first-order valence-electron chi connectivity index (χ1n) is 8.57. The molecule has 0 saturated carbocycles. The predicted molar refractivity (Wildman–Crippen MR) is 103 cm³/mol. The lowest BCUT2D eigenvalue weighted by atomic mass is 9.96. The van der Waals surface area contributed by atoms with Gasteiger partial charge in [0.1, 0.15) is 5.69 Å². The van der Waals surface area contributed by atoms with Gasteiger partial charge in [0.2, 0.25) is 0 Å². The predicted octanol–water partition coefficient (Wildman–Crippen LogP) is 2.58. The fourth-order valence-corrected chi connectivity index (χ4v) is 2.75. The summed E-state index contributed by atoms with van der Waals surface area (Å²) in [6.07, 6.45) is 3.26. The smallest absolute Gasteiger partial charge is 0.269 e. The highest BCUT2D eigenvalue weighted by molar-refractivity contribution is 6.05. The van der Waals surface area contributed by atoms with Gasteiger partial charge in [-0.05, 0) is 17.7 Å². The van der Waals surface area contributed by atoms with E-state index in [0.29, 0.717) is 16.9 Å². The molecule has 0 aliphatic rings. The van der Waals surface area contributed by atoms with Crippen LogP contribution in [-0.2, 0) is 7.05 Å². The van der Waals surface area contributed by atoms with E-state index in [-0.39, 0.29) is 23.4 Å². The van der Waals surface area contributed by atoms with Gasteiger partial charge in [-0.1, -0.05) is 37.3 Å². The Balaban J connectivity index is 1.97. The summed E-state index contributed by atoms with van der Waals surface area (Å²) in [5.41, 5.74) is 2.86. The van der Waals surface area contributed by atoms with Crippen LogP contribution in [0.3, 0.4) is 0 Å². The first-order valence-corrected chi connectivity index (χ1v) is 8.57. The fourth-order valence-electron chi connectivity index (χ4n) is 2.75. The molecular weight excluding hydrogens is 342 g/mol. The Bertz CT molecular complexity index is 966. The van der Waals surface area contributed by atoms with Crippen LogP contribution in [0.25, 0.3) is 0 Å². The van der Waals surface area contributed by atoms with Gasteiger partial charge in [0.15, 0.2) is 0 Å². The van der Waals surface area contributed by atoms with Crippen molar-refractivity contribution in [1.29, 1.82) is 0 Å². The van der Waals surface area contributed by atoms with Crippen molar-refractivity contribution in [1.82, 2.24) is 20.1 Å². The van der Waals surface area contributed by atoms with Crippen molar-refractivity contribution in [2.45, 2.75) is 12.8 Å². The van der Waals surface area contributed by atoms with Gasteiger partial charge in [-0.15, -0.1) is 0 Å². The summed E-state index contributed by atoms with van der Waals surface area (Å²) in [4.78, 5) is 29.3. The minimum Gasteiger partial charge on any atom is -0.354 e. The van der Waals surface area contributed by atoms with Gasteiger partial charge in [-0.25, -0.2) is 4.98 Å². The van der Waals surface area contributed by atoms with E-state index in [2.05, 4.69) is 20.7 Å². The second-order valence-electron chi connectivity index (χ2n) is 6.23. The maximum absolute atomic E-state index is 12.7. The van der Waals surface area contributed by atoms with Crippen molar-refractivity contribution < 1.29 is 9.59 Å². The number of carbonyl (C=O) groups excluding carboxylic acids is 2. The molecule has 7 nitrogen and oxygen atoms in total. The monoisotopic (exact) mass is 363 g/mol. The Hall–Kier alpha value is -3.48. The van der Waals surface area contributed by atoms with Crippen molar-refractivity contribution >= 4 is 17.5 Å². The van der Waals surface area contributed by atoms with Crippen LogP contribution < -0.4 is 10.6 Å². The molecule has 1 aromatic carbocycles. The number of anilines is 1. The van der Waals surface area contributed by atoms with Crippen LogP contribution in [0.2, 0.25) is 0 Å². The molecule has 0 radical (unpaired) electrons. The van der Waals surface area contributed by atoms with E-state index in [1.165, 1.54) is 13.1 Å². The van der Waals surface area contributed by atoms with Crippen LogP contribution in [0.4, 0.5) is 5.69 Å². The molecule has 0 bridgehead atoms. The van der Waals surface area contributed by atoms with Crippen LogP contribution in [0.1, 0.15) is 44.9 Å². The summed E-state index contributed by atoms with van der Waals surface area (Å²) in [5.74, 6) is -0.731. The molecule has 1 atom stereocenters. The minimum atomic E-state index is -0.340. The van der Waals surface area contributed by atoms with Crippen LogP contribution in [0.15, 0.2) is 54.9 Å². The van der Waals surface area contributed by atoms with Gasteiger partial charge >= 0.3 is 0 Å². The molecule has 0 saturated heterocycles. The topological polar surface area (TPSA) is 88.9 Å². The maximum Gasteiger partial charge on any atom is 0.269 e. The normalized spacial score (nSPS) is 11.7. The zero-order chi connectivity index (χ0) is 19.4. The van der Waals surface area contributed by atoms with Crippen molar-refractivity contribution in [3.8, 4) is 0 Å². The lowest BCUT2D eigenvalue weighted by molar-refractivity contribution is 0.0958. The molecule has 0 aliphatic heterocycles. The molecule has 0 fully saturated rings. The molecule has 0 unspecified atom stereocenters. The van der Waals surface area contributed by atoms with Crippen LogP contribution in [0, 0.1) is 0 Å². The number of carbonyl (C=O) groups is 2. The Labute approximate surface area is 157 Å². The van der Waals surface area contributed by atoms with Gasteiger partial charge in [0.05, 0.1) is 11.9 Å². The zero-order valence-corrected chi connectivity index (χ0v) is 15.4. The van der Waals surface area contributed by atoms with E-state index in [1.807, 2.05) is 37.3 Å². The molecule has 3 aromatic rings. The number of hydrogen-bond donors (Lipinski definition) is 2. The van der Waals surface area contributed by atoms with E-state index in [9.17, 15) is 9.59 Å². The highest BCUT2D eigenvalue weighted by Gasteiger charge is 2.18. The number of rotatable bonds is 5. The number of hydrogen-bond acceptors (Lipinski definition) is 4. The Morgan fingerprint density at radius 3 is 2.48 bits per heavy atom. The molecule has 138 valence electrons. The third-order valence-corrected chi connectivity index (χ3v) is 4.27. The summed E-state index contributed by atoms with van der Waals surface area (Å²) in [6, 6.07) is 13.0. The number of aromatic nitrogens is 3. The SMILES string of the molecule is CNC(=O)c1cc(C(=O)Nc2cnn(C)c2)cc([C@@H](C)c2ccccc2)n1. The summed E-state index contributed by atoms with van der Waals surface area (Å²) in [7, 11) is 3.30. The Morgan fingerprint density at radius 1 is 1.11 bits per heavy atom. The minimum absolute atomic E-state index is 0.0688. The van der Waals surface area contributed by atoms with Crippen molar-refractivity contribution in [3.63, 3.8) is 0 Å². The molecule has 7 heteroatoms. The van der Waals surface area contributed by atoms with Gasteiger partial charge in [-0.3, -0.25) is 14.3 Å². The van der Waals surface area contributed by atoms with Crippen LogP contribution in [0.5, 0.6) is 0 Å². The summed E-state index contributed by atoms with van der Waals surface area (Å²) in [6.45, 7) is 1.99. The second-order valence-corrected chi connectivity index (χ2v) is 6.23. The van der Waals surface area contributed by atoms with E-state index in [4.69, 9.17) is 0 Å². The molecule has 0 spiro atoms. The number of nitrogens with zero attached hydrogens (tertiary/aromatic N) is 3. The number of amides is 2. The summed E-state index contributed by atoms with van der Waals surface area (Å²) >= 11 is 0. The van der Waals surface area contributed by atoms with Crippen molar-refractivity contribution in [2.75, 3.05) is 12.4 Å². The largest absolute Gasteiger partial charge is 0.354 e. The van der Waals surface area contributed by atoms with Gasteiger partial charge < -0.3 is 10.6 Å². The number of pyridine rings is 1. The molecule has 27 heavy (non-hydrogen) atoms. The maximum atomic E-state index is 12.7. The molecule has 3 rings (SSSR count). The molecule has 2 amide bonds. The van der Waals surface area contributed by atoms with Crippen LogP contribution >= 0.6 is 0 Å². The van der Waals surface area contributed by atoms with Gasteiger partial charge in [0, 0.05) is 37.5 Å². The summed E-state index contributed by atoms with van der Waals surface area (Å²) in [5, 5.41) is 9.38. The summed E-state index contributed by atoms with van der Waals surface area (Å²) < 4.78 is 1.60.